The molecule has 0 N–H and O–H groups in total. The van der Waals surface area contributed by atoms with Gasteiger partial charge in [-0.25, -0.2) is 0 Å². The van der Waals surface area contributed by atoms with Crippen molar-refractivity contribution in [1.29, 1.82) is 0 Å². The second-order valence-corrected chi connectivity index (χ2v) is 5.97. The Morgan fingerprint density at radius 2 is 1.78 bits per heavy atom. The van der Waals surface area contributed by atoms with Crippen LogP contribution in [0.4, 0.5) is 0 Å². The summed E-state index contributed by atoms with van der Waals surface area (Å²) in [5, 5.41) is 0. The molecule has 0 aromatic heterocycles. The number of hydrogen-bond donors (Lipinski definition) is 0. The van der Waals surface area contributed by atoms with Gasteiger partial charge in [0.1, 0.15) is 12.0 Å². The van der Waals surface area contributed by atoms with Crippen molar-refractivity contribution in [3.63, 3.8) is 0 Å². The molecule has 0 saturated heterocycles. The van der Waals surface area contributed by atoms with Crippen LogP contribution in [0.3, 0.4) is 0 Å². The minimum absolute atomic E-state index is 0.530. The Hall–Kier alpha value is -2.13. The zero-order valence-corrected chi connectivity index (χ0v) is 14.0. The SMILES string of the molecule is CN(C)Cc1ccc(CCC=O)c(OCCc2ccccc2)c1. The fraction of sp³-hybridized carbons (Fsp3) is 0.350. The van der Waals surface area contributed by atoms with Crippen LogP contribution in [0.25, 0.3) is 0 Å². The van der Waals surface area contributed by atoms with E-state index in [1.807, 2.05) is 18.2 Å². The molecule has 0 unspecified atom stereocenters. The van der Waals surface area contributed by atoms with Crippen LogP contribution < -0.4 is 4.74 Å². The summed E-state index contributed by atoms with van der Waals surface area (Å²) in [6.07, 6.45) is 3.10. The van der Waals surface area contributed by atoms with Gasteiger partial charge in [0.2, 0.25) is 0 Å². The van der Waals surface area contributed by atoms with E-state index in [-0.39, 0.29) is 0 Å². The van der Waals surface area contributed by atoms with Crippen LogP contribution in [-0.2, 0) is 24.2 Å². The average molecular weight is 311 g/mol. The van der Waals surface area contributed by atoms with Crippen LogP contribution in [0.2, 0.25) is 0 Å². The molecular formula is C20H25NO2. The molecular weight excluding hydrogens is 286 g/mol. The van der Waals surface area contributed by atoms with E-state index in [1.54, 1.807) is 0 Å². The third-order valence-electron chi connectivity index (χ3n) is 3.65. The van der Waals surface area contributed by atoms with E-state index in [0.717, 1.165) is 37.0 Å². The van der Waals surface area contributed by atoms with Crippen molar-refractivity contribution in [2.45, 2.75) is 25.8 Å². The van der Waals surface area contributed by atoms with Gasteiger partial charge in [-0.2, -0.15) is 0 Å². The van der Waals surface area contributed by atoms with E-state index in [0.29, 0.717) is 13.0 Å². The summed E-state index contributed by atoms with van der Waals surface area (Å²) in [7, 11) is 4.10. The smallest absolute Gasteiger partial charge is 0.122 e. The number of hydrogen-bond acceptors (Lipinski definition) is 3. The molecule has 0 amide bonds. The molecule has 3 heteroatoms. The highest BCUT2D eigenvalue weighted by atomic mass is 16.5. The Morgan fingerprint density at radius 1 is 1.00 bits per heavy atom. The van der Waals surface area contributed by atoms with Crippen molar-refractivity contribution >= 4 is 6.29 Å². The lowest BCUT2D eigenvalue weighted by Crippen LogP contribution is -2.11. The summed E-state index contributed by atoms with van der Waals surface area (Å²) < 4.78 is 6.03. The van der Waals surface area contributed by atoms with Gasteiger partial charge in [-0.15, -0.1) is 0 Å². The molecule has 0 spiro atoms. The zero-order valence-electron chi connectivity index (χ0n) is 14.0. The summed E-state index contributed by atoms with van der Waals surface area (Å²) >= 11 is 0. The molecule has 2 aromatic rings. The van der Waals surface area contributed by atoms with Gasteiger partial charge < -0.3 is 14.4 Å². The largest absolute Gasteiger partial charge is 0.493 e. The Kier molecular flexibility index (Phi) is 6.82. The molecule has 0 radical (unpaired) electrons. The highest BCUT2D eigenvalue weighted by Gasteiger charge is 2.07. The summed E-state index contributed by atoms with van der Waals surface area (Å²) in [4.78, 5) is 12.8. The van der Waals surface area contributed by atoms with E-state index in [2.05, 4.69) is 49.3 Å². The van der Waals surface area contributed by atoms with Gasteiger partial charge in [0.25, 0.3) is 0 Å². The van der Waals surface area contributed by atoms with Gasteiger partial charge in [0.15, 0.2) is 0 Å². The van der Waals surface area contributed by atoms with Crippen molar-refractivity contribution in [1.82, 2.24) is 4.90 Å². The maximum Gasteiger partial charge on any atom is 0.122 e. The maximum atomic E-state index is 10.7. The quantitative estimate of drug-likeness (QED) is 0.664. The fourth-order valence-electron chi connectivity index (χ4n) is 2.54. The highest BCUT2D eigenvalue weighted by molar-refractivity contribution is 5.51. The van der Waals surface area contributed by atoms with E-state index in [1.165, 1.54) is 11.1 Å². The van der Waals surface area contributed by atoms with E-state index >= 15 is 0 Å². The van der Waals surface area contributed by atoms with Crippen molar-refractivity contribution < 1.29 is 9.53 Å². The van der Waals surface area contributed by atoms with Gasteiger partial charge in [-0.1, -0.05) is 42.5 Å². The molecule has 0 aliphatic heterocycles. The number of benzene rings is 2. The van der Waals surface area contributed by atoms with E-state index in [9.17, 15) is 4.79 Å². The van der Waals surface area contributed by atoms with Crippen LogP contribution in [0.1, 0.15) is 23.1 Å². The molecule has 0 saturated carbocycles. The Bertz CT molecular complexity index is 608. The van der Waals surface area contributed by atoms with Crippen LogP contribution in [0, 0.1) is 0 Å². The predicted molar refractivity (Wildman–Crippen MR) is 93.9 cm³/mol. The fourth-order valence-corrected chi connectivity index (χ4v) is 2.54. The van der Waals surface area contributed by atoms with Crippen molar-refractivity contribution in [2.24, 2.45) is 0 Å². The average Bonchev–Trinajstić information content (AvgIpc) is 2.54. The lowest BCUT2D eigenvalue weighted by atomic mass is 10.1. The Morgan fingerprint density at radius 3 is 2.48 bits per heavy atom. The molecule has 2 aromatic carbocycles. The van der Waals surface area contributed by atoms with Gasteiger partial charge in [-0.05, 0) is 43.3 Å². The molecule has 0 bridgehead atoms. The van der Waals surface area contributed by atoms with Crippen LogP contribution in [-0.4, -0.2) is 31.9 Å². The number of aryl methyl sites for hydroxylation is 1. The second-order valence-electron chi connectivity index (χ2n) is 5.97. The van der Waals surface area contributed by atoms with Crippen LogP contribution in [0.15, 0.2) is 48.5 Å². The standard InChI is InChI=1S/C20H25NO2/c1-21(2)16-18-10-11-19(9-6-13-22)20(15-18)23-14-12-17-7-4-3-5-8-17/h3-5,7-8,10-11,13,15H,6,9,12,14,16H2,1-2H3. The summed E-state index contributed by atoms with van der Waals surface area (Å²) in [5.74, 6) is 0.905. The molecule has 0 fully saturated rings. The lowest BCUT2D eigenvalue weighted by Gasteiger charge is -2.15. The normalized spacial score (nSPS) is 10.7. The lowest BCUT2D eigenvalue weighted by molar-refractivity contribution is -0.107. The molecule has 0 aliphatic rings. The number of carbonyl (C=O) groups is 1. The van der Waals surface area contributed by atoms with Crippen LogP contribution in [0.5, 0.6) is 5.75 Å². The first-order valence-corrected chi connectivity index (χ1v) is 8.06. The minimum Gasteiger partial charge on any atom is -0.493 e. The monoisotopic (exact) mass is 311 g/mol. The minimum atomic E-state index is 0.530. The van der Waals surface area contributed by atoms with Gasteiger partial charge >= 0.3 is 0 Å². The number of aldehydes is 1. The summed E-state index contributed by atoms with van der Waals surface area (Å²) in [5.41, 5.74) is 3.60. The zero-order chi connectivity index (χ0) is 16.5. The van der Waals surface area contributed by atoms with Gasteiger partial charge in [-0.3, -0.25) is 0 Å². The predicted octanol–water partition coefficient (Wildman–Crippen LogP) is 3.50. The second kappa shape index (κ2) is 9.11. The van der Waals surface area contributed by atoms with Crippen molar-refractivity contribution in [3.05, 3.63) is 65.2 Å². The van der Waals surface area contributed by atoms with Gasteiger partial charge in [0.05, 0.1) is 6.61 Å². The number of carbonyl (C=O) groups excluding carboxylic acids is 1. The Labute approximate surface area is 138 Å². The van der Waals surface area contributed by atoms with Gasteiger partial charge in [0, 0.05) is 19.4 Å². The van der Waals surface area contributed by atoms with Crippen molar-refractivity contribution in [3.8, 4) is 5.75 Å². The van der Waals surface area contributed by atoms with Crippen LogP contribution >= 0.6 is 0 Å². The van der Waals surface area contributed by atoms with E-state index in [4.69, 9.17) is 4.74 Å². The molecule has 23 heavy (non-hydrogen) atoms. The maximum absolute atomic E-state index is 10.7. The molecule has 0 heterocycles. The summed E-state index contributed by atoms with van der Waals surface area (Å²) in [6, 6.07) is 16.6. The molecule has 0 aliphatic carbocycles. The summed E-state index contributed by atoms with van der Waals surface area (Å²) in [6.45, 7) is 1.52. The van der Waals surface area contributed by atoms with E-state index < -0.39 is 0 Å². The number of nitrogens with zero attached hydrogens (tertiary/aromatic N) is 1. The van der Waals surface area contributed by atoms with Crippen molar-refractivity contribution in [2.75, 3.05) is 20.7 Å². The molecule has 2 rings (SSSR count). The first-order chi connectivity index (χ1) is 11.2. The molecule has 3 nitrogen and oxygen atoms in total. The first-order valence-electron chi connectivity index (χ1n) is 8.06. The number of rotatable bonds is 9. The Balaban J connectivity index is 2.04. The topological polar surface area (TPSA) is 29.5 Å². The number of ether oxygens (including phenoxy) is 1. The highest BCUT2D eigenvalue weighted by Crippen LogP contribution is 2.23. The first kappa shape index (κ1) is 17.2. The molecule has 122 valence electrons. The third-order valence-corrected chi connectivity index (χ3v) is 3.65. The molecule has 0 atom stereocenters. The third kappa shape index (κ3) is 5.87.